The molecule has 2 aromatic rings. The molecule has 1 aromatic heterocycles. The molecule has 2 fully saturated rings. The number of amides is 2. The highest BCUT2D eigenvalue weighted by Crippen LogP contribution is 2.46. The van der Waals surface area contributed by atoms with Crippen molar-refractivity contribution in [1.82, 2.24) is 19.8 Å². The summed E-state index contributed by atoms with van der Waals surface area (Å²) in [6, 6.07) is 6.94. The number of carbonyl (C=O) groups excluding carboxylic acids is 2. The molecule has 2 aliphatic heterocycles. The molecule has 0 N–H and O–H groups in total. The maximum atomic E-state index is 13.4. The monoisotopic (exact) mass is 486 g/mol. The highest BCUT2D eigenvalue weighted by molar-refractivity contribution is 5.91. The van der Waals surface area contributed by atoms with Crippen LogP contribution < -0.4 is 4.90 Å². The van der Waals surface area contributed by atoms with Crippen molar-refractivity contribution in [3.8, 4) is 6.07 Å². The fourth-order valence-electron chi connectivity index (χ4n) is 5.10. The fraction of sp³-hybridized carbons (Fsp3) is 0.458. The summed E-state index contributed by atoms with van der Waals surface area (Å²) >= 11 is 0. The molecular formula is C24H25F3N6O2. The van der Waals surface area contributed by atoms with Gasteiger partial charge in [0, 0.05) is 63.8 Å². The van der Waals surface area contributed by atoms with Gasteiger partial charge in [0.05, 0.1) is 23.1 Å². The molecule has 0 aliphatic carbocycles. The Balaban J connectivity index is 1.57. The molecule has 8 nitrogen and oxygen atoms in total. The van der Waals surface area contributed by atoms with Crippen molar-refractivity contribution < 1.29 is 22.8 Å². The fourth-order valence-corrected chi connectivity index (χ4v) is 5.10. The number of halogens is 3. The lowest BCUT2D eigenvalue weighted by Gasteiger charge is -2.43. The minimum absolute atomic E-state index is 0.0651. The second-order valence-corrected chi connectivity index (χ2v) is 9.23. The van der Waals surface area contributed by atoms with Crippen molar-refractivity contribution >= 4 is 17.5 Å². The van der Waals surface area contributed by atoms with Crippen LogP contribution in [0.5, 0.6) is 0 Å². The molecule has 1 atom stereocenters. The van der Waals surface area contributed by atoms with Crippen LogP contribution in [-0.4, -0.2) is 71.9 Å². The molecular weight excluding hydrogens is 461 g/mol. The Morgan fingerprint density at radius 1 is 1.17 bits per heavy atom. The number of nitriles is 1. The van der Waals surface area contributed by atoms with Gasteiger partial charge in [-0.05, 0) is 37.1 Å². The van der Waals surface area contributed by atoms with Gasteiger partial charge in [-0.1, -0.05) is 0 Å². The molecule has 4 rings (SSSR count). The largest absolute Gasteiger partial charge is 0.417 e. The topological polar surface area (TPSA) is 93.4 Å². The summed E-state index contributed by atoms with van der Waals surface area (Å²) in [5.74, 6) is -0.793. The van der Waals surface area contributed by atoms with E-state index in [9.17, 15) is 22.8 Å². The van der Waals surface area contributed by atoms with Crippen molar-refractivity contribution in [2.24, 2.45) is 11.3 Å². The van der Waals surface area contributed by atoms with Crippen LogP contribution in [0.3, 0.4) is 0 Å². The van der Waals surface area contributed by atoms with Crippen molar-refractivity contribution in [3.63, 3.8) is 0 Å². The summed E-state index contributed by atoms with van der Waals surface area (Å²) in [5.41, 5.74) is -1.49. The van der Waals surface area contributed by atoms with Crippen molar-refractivity contribution in [1.29, 1.82) is 5.26 Å². The van der Waals surface area contributed by atoms with Crippen LogP contribution in [0.4, 0.5) is 18.9 Å². The van der Waals surface area contributed by atoms with Crippen LogP contribution in [0.15, 0.2) is 36.7 Å². The van der Waals surface area contributed by atoms with Gasteiger partial charge in [0.2, 0.25) is 11.7 Å². The van der Waals surface area contributed by atoms with Crippen LogP contribution in [-0.2, 0) is 11.0 Å². The first-order valence-corrected chi connectivity index (χ1v) is 11.2. The Labute approximate surface area is 201 Å². The zero-order valence-electron chi connectivity index (χ0n) is 19.4. The first kappa shape index (κ1) is 24.4. The van der Waals surface area contributed by atoms with E-state index < -0.39 is 28.6 Å². The van der Waals surface area contributed by atoms with Gasteiger partial charge in [0.15, 0.2) is 0 Å². The molecule has 184 valence electrons. The zero-order valence-corrected chi connectivity index (χ0v) is 19.4. The van der Waals surface area contributed by atoms with Gasteiger partial charge in [0.25, 0.3) is 5.91 Å². The Morgan fingerprint density at radius 2 is 1.83 bits per heavy atom. The van der Waals surface area contributed by atoms with E-state index in [-0.39, 0.29) is 24.2 Å². The average molecular weight is 486 g/mol. The highest BCUT2D eigenvalue weighted by Gasteiger charge is 2.53. The van der Waals surface area contributed by atoms with Crippen LogP contribution in [0.1, 0.15) is 34.6 Å². The average Bonchev–Trinajstić information content (AvgIpc) is 3.21. The number of alkyl halides is 3. The van der Waals surface area contributed by atoms with Gasteiger partial charge in [0.1, 0.15) is 0 Å². The highest BCUT2D eigenvalue weighted by atomic mass is 19.4. The van der Waals surface area contributed by atoms with Crippen molar-refractivity contribution in [2.45, 2.75) is 19.0 Å². The Morgan fingerprint density at radius 3 is 2.40 bits per heavy atom. The second-order valence-electron chi connectivity index (χ2n) is 9.23. The quantitative estimate of drug-likeness (QED) is 0.663. The summed E-state index contributed by atoms with van der Waals surface area (Å²) < 4.78 is 40.3. The number of rotatable bonds is 3. The number of piperidine rings is 1. The van der Waals surface area contributed by atoms with Crippen molar-refractivity contribution in [3.05, 3.63) is 53.6 Å². The van der Waals surface area contributed by atoms with Crippen LogP contribution >= 0.6 is 0 Å². The number of benzene rings is 1. The number of carbonyl (C=O) groups is 2. The van der Waals surface area contributed by atoms with E-state index in [0.29, 0.717) is 38.2 Å². The minimum atomic E-state index is -4.63. The second kappa shape index (κ2) is 9.17. The number of hydrogen-bond donors (Lipinski definition) is 0. The first-order valence-electron chi connectivity index (χ1n) is 11.2. The van der Waals surface area contributed by atoms with Crippen LogP contribution in [0.25, 0.3) is 0 Å². The molecule has 2 saturated heterocycles. The number of likely N-dealkylation sites (tertiary alicyclic amines) is 1. The Kier molecular flexibility index (Phi) is 6.40. The molecule has 1 unspecified atom stereocenters. The third kappa shape index (κ3) is 4.65. The van der Waals surface area contributed by atoms with E-state index in [1.165, 1.54) is 29.4 Å². The molecule has 1 aromatic carbocycles. The van der Waals surface area contributed by atoms with E-state index in [1.807, 2.05) is 4.90 Å². The maximum absolute atomic E-state index is 13.4. The molecule has 0 saturated carbocycles. The lowest BCUT2D eigenvalue weighted by Crippen LogP contribution is -2.48. The third-order valence-corrected chi connectivity index (χ3v) is 6.98. The summed E-state index contributed by atoms with van der Waals surface area (Å²) in [6.07, 6.45) is -0.608. The Bertz CT molecular complexity index is 1150. The summed E-state index contributed by atoms with van der Waals surface area (Å²) in [4.78, 5) is 39.1. The zero-order chi connectivity index (χ0) is 25.4. The molecule has 1 spiro atoms. The number of aromatic nitrogens is 2. The van der Waals surface area contributed by atoms with E-state index in [1.54, 1.807) is 31.1 Å². The summed E-state index contributed by atoms with van der Waals surface area (Å²) in [5, 5.41) is 9.06. The number of nitrogens with zero attached hydrogens (tertiary/aromatic N) is 6. The van der Waals surface area contributed by atoms with Crippen molar-refractivity contribution in [2.75, 3.05) is 45.2 Å². The molecule has 0 radical (unpaired) electrons. The molecule has 2 aliphatic rings. The molecule has 3 heterocycles. The SMILES string of the molecule is CN(C)C(=O)C1CN(C(=O)c2ncccn2)CC12CCN(c1ccc(C#N)c(C(F)(F)F)c1)CC2. The van der Waals surface area contributed by atoms with Gasteiger partial charge >= 0.3 is 6.18 Å². The minimum Gasteiger partial charge on any atom is -0.371 e. The number of anilines is 1. The maximum Gasteiger partial charge on any atom is 0.417 e. The van der Waals surface area contributed by atoms with Crippen LogP contribution in [0.2, 0.25) is 0 Å². The normalized spacial score (nSPS) is 19.5. The van der Waals surface area contributed by atoms with E-state index in [0.717, 1.165) is 6.07 Å². The lowest BCUT2D eigenvalue weighted by molar-refractivity contribution is -0.138. The molecule has 0 bridgehead atoms. The predicted octanol–water partition coefficient (Wildman–Crippen LogP) is 2.81. The Hall–Kier alpha value is -3.68. The third-order valence-electron chi connectivity index (χ3n) is 6.98. The molecule has 11 heteroatoms. The standard InChI is InChI=1S/C24H25F3N6O2/c1-31(2)21(34)19-14-33(22(35)20-29-8-3-9-30-20)15-23(19)6-10-32(11-7-23)17-5-4-16(13-28)18(12-17)24(25,26)27/h3-5,8-9,12,19H,6-7,10-11,14-15H2,1-2H3. The molecule has 35 heavy (non-hydrogen) atoms. The van der Waals surface area contributed by atoms with Gasteiger partial charge < -0.3 is 14.7 Å². The first-order chi connectivity index (χ1) is 16.6. The van der Waals surface area contributed by atoms with Crippen LogP contribution in [0, 0.1) is 22.7 Å². The summed E-state index contributed by atoms with van der Waals surface area (Å²) in [7, 11) is 3.34. The lowest BCUT2D eigenvalue weighted by atomic mass is 9.70. The smallest absolute Gasteiger partial charge is 0.371 e. The van der Waals surface area contributed by atoms with Gasteiger partial charge in [-0.2, -0.15) is 18.4 Å². The predicted molar refractivity (Wildman–Crippen MR) is 120 cm³/mol. The van der Waals surface area contributed by atoms with Gasteiger partial charge in [-0.25, -0.2) is 9.97 Å². The van der Waals surface area contributed by atoms with Gasteiger partial charge in [-0.3, -0.25) is 9.59 Å². The summed E-state index contributed by atoms with van der Waals surface area (Å²) in [6.45, 7) is 1.43. The molecule has 2 amide bonds. The van der Waals surface area contributed by atoms with E-state index in [4.69, 9.17) is 5.26 Å². The van der Waals surface area contributed by atoms with E-state index >= 15 is 0 Å². The van der Waals surface area contributed by atoms with E-state index in [2.05, 4.69) is 9.97 Å². The van der Waals surface area contributed by atoms with Gasteiger partial charge in [-0.15, -0.1) is 0 Å². The number of hydrogen-bond acceptors (Lipinski definition) is 6.